The first kappa shape index (κ1) is 12.0. The summed E-state index contributed by atoms with van der Waals surface area (Å²) in [6.45, 7) is 2.92. The Kier molecular flexibility index (Phi) is 3.10. The molecule has 3 aromatic rings. The molecule has 0 radical (unpaired) electrons. The van der Waals surface area contributed by atoms with Crippen LogP contribution < -0.4 is 5.73 Å². The van der Waals surface area contributed by atoms with Crippen molar-refractivity contribution in [1.29, 1.82) is 0 Å². The van der Waals surface area contributed by atoms with Crippen LogP contribution in [0.25, 0.3) is 10.9 Å². The molecule has 96 valence electrons. The number of hydrogen-bond acceptors (Lipinski definition) is 1. The van der Waals surface area contributed by atoms with Gasteiger partial charge in [0.1, 0.15) is 0 Å². The van der Waals surface area contributed by atoms with Crippen LogP contribution in [0.3, 0.4) is 0 Å². The summed E-state index contributed by atoms with van der Waals surface area (Å²) in [5, 5.41) is 1.26. The lowest BCUT2D eigenvalue weighted by Crippen LogP contribution is -2.08. The molecule has 0 amide bonds. The van der Waals surface area contributed by atoms with Crippen LogP contribution in [0.15, 0.2) is 60.8 Å². The number of fused-ring (bicyclic) bond motifs is 1. The molecule has 19 heavy (non-hydrogen) atoms. The molecule has 1 atom stereocenters. The van der Waals surface area contributed by atoms with E-state index in [1.165, 1.54) is 22.0 Å². The van der Waals surface area contributed by atoms with Gasteiger partial charge >= 0.3 is 0 Å². The van der Waals surface area contributed by atoms with E-state index in [1.807, 2.05) is 13.0 Å². The molecule has 0 saturated heterocycles. The van der Waals surface area contributed by atoms with E-state index in [4.69, 9.17) is 5.73 Å². The zero-order valence-electron chi connectivity index (χ0n) is 11.1. The molecule has 0 spiro atoms. The maximum absolute atomic E-state index is 6.09. The van der Waals surface area contributed by atoms with Gasteiger partial charge in [-0.2, -0.15) is 0 Å². The van der Waals surface area contributed by atoms with Gasteiger partial charge < -0.3 is 10.3 Å². The zero-order valence-corrected chi connectivity index (χ0v) is 11.1. The first-order valence-corrected chi connectivity index (χ1v) is 6.63. The van der Waals surface area contributed by atoms with Gasteiger partial charge in [0.05, 0.1) is 5.52 Å². The number of hydrogen-bond donors (Lipinski definition) is 1. The maximum Gasteiger partial charge on any atom is 0.0531 e. The molecule has 0 saturated carbocycles. The number of benzene rings is 2. The van der Waals surface area contributed by atoms with Gasteiger partial charge in [-0.15, -0.1) is 0 Å². The third-order valence-electron chi connectivity index (χ3n) is 3.51. The third-order valence-corrected chi connectivity index (χ3v) is 3.51. The Bertz CT molecular complexity index is 681. The Morgan fingerprint density at radius 3 is 2.53 bits per heavy atom. The molecular formula is C17H18N2. The maximum atomic E-state index is 6.09. The fraction of sp³-hybridized carbons (Fsp3) is 0.176. The normalized spacial score (nSPS) is 12.7. The van der Waals surface area contributed by atoms with Crippen molar-refractivity contribution in [3.63, 3.8) is 0 Å². The van der Waals surface area contributed by atoms with Gasteiger partial charge in [0.25, 0.3) is 0 Å². The molecular weight excluding hydrogens is 232 g/mol. The van der Waals surface area contributed by atoms with Crippen LogP contribution in [0.1, 0.15) is 24.1 Å². The quantitative estimate of drug-likeness (QED) is 0.754. The van der Waals surface area contributed by atoms with E-state index < -0.39 is 0 Å². The largest absolute Gasteiger partial charge is 0.343 e. The molecule has 0 aliphatic rings. The lowest BCUT2D eigenvalue weighted by Gasteiger charge is -2.12. The summed E-state index contributed by atoms with van der Waals surface area (Å²) in [5.41, 5.74) is 9.85. The molecule has 2 heteroatoms. The van der Waals surface area contributed by atoms with Gasteiger partial charge in [0, 0.05) is 18.8 Å². The summed E-state index contributed by atoms with van der Waals surface area (Å²) < 4.78 is 2.28. The van der Waals surface area contributed by atoms with E-state index in [0.717, 1.165) is 6.54 Å². The molecule has 0 aliphatic carbocycles. The van der Waals surface area contributed by atoms with Crippen molar-refractivity contribution in [3.8, 4) is 0 Å². The molecule has 1 heterocycles. The molecule has 0 fully saturated rings. The molecule has 1 aromatic heterocycles. The van der Waals surface area contributed by atoms with Crippen molar-refractivity contribution in [2.75, 3.05) is 0 Å². The second-order valence-corrected chi connectivity index (χ2v) is 5.00. The molecule has 3 rings (SSSR count). The van der Waals surface area contributed by atoms with Crippen molar-refractivity contribution in [2.45, 2.75) is 19.5 Å². The fourth-order valence-electron chi connectivity index (χ4n) is 2.57. The van der Waals surface area contributed by atoms with E-state index in [0.29, 0.717) is 0 Å². The van der Waals surface area contributed by atoms with E-state index in [-0.39, 0.29) is 6.04 Å². The Balaban J connectivity index is 2.09. The van der Waals surface area contributed by atoms with Crippen LogP contribution in [0.2, 0.25) is 0 Å². The van der Waals surface area contributed by atoms with Crippen LogP contribution in [0.5, 0.6) is 0 Å². The summed E-state index contributed by atoms with van der Waals surface area (Å²) >= 11 is 0. The van der Waals surface area contributed by atoms with Crippen molar-refractivity contribution in [3.05, 3.63) is 71.9 Å². The predicted octanol–water partition coefficient (Wildman–Crippen LogP) is 3.71. The second-order valence-electron chi connectivity index (χ2n) is 5.00. The van der Waals surface area contributed by atoms with Crippen molar-refractivity contribution in [2.24, 2.45) is 5.73 Å². The van der Waals surface area contributed by atoms with Crippen LogP contribution in [-0.2, 0) is 6.54 Å². The van der Waals surface area contributed by atoms with Crippen molar-refractivity contribution >= 4 is 10.9 Å². The average Bonchev–Trinajstić information content (AvgIpc) is 2.83. The molecule has 0 bridgehead atoms. The zero-order chi connectivity index (χ0) is 13.2. The Morgan fingerprint density at radius 2 is 1.79 bits per heavy atom. The summed E-state index contributed by atoms with van der Waals surface area (Å²) in [6.07, 6.45) is 2.14. The summed E-state index contributed by atoms with van der Waals surface area (Å²) in [7, 11) is 0. The van der Waals surface area contributed by atoms with Crippen LogP contribution >= 0.6 is 0 Å². The highest BCUT2D eigenvalue weighted by Gasteiger charge is 2.09. The lowest BCUT2D eigenvalue weighted by molar-refractivity contribution is 0.791. The van der Waals surface area contributed by atoms with Crippen LogP contribution in [0, 0.1) is 0 Å². The molecule has 0 aliphatic heterocycles. The number of rotatable bonds is 3. The standard InChI is InChI=1S/C17H18N2/c1-13(18)16-9-5-8-15-10-11-19(17(15)16)12-14-6-3-2-4-7-14/h2-11,13H,12,18H2,1H3. The average molecular weight is 250 g/mol. The lowest BCUT2D eigenvalue weighted by atomic mass is 10.1. The van der Waals surface area contributed by atoms with Gasteiger partial charge in [-0.25, -0.2) is 0 Å². The van der Waals surface area contributed by atoms with E-state index in [9.17, 15) is 0 Å². The number of aromatic nitrogens is 1. The highest BCUT2D eigenvalue weighted by Crippen LogP contribution is 2.25. The summed E-state index contributed by atoms with van der Waals surface area (Å²) in [6, 6.07) is 19.1. The van der Waals surface area contributed by atoms with Gasteiger partial charge in [-0.05, 0) is 29.5 Å². The number of nitrogens with zero attached hydrogens (tertiary/aromatic N) is 1. The van der Waals surface area contributed by atoms with E-state index in [2.05, 4.69) is 59.3 Å². The van der Waals surface area contributed by atoms with Gasteiger partial charge in [0.15, 0.2) is 0 Å². The smallest absolute Gasteiger partial charge is 0.0531 e. The Labute approximate surface area is 113 Å². The fourth-order valence-corrected chi connectivity index (χ4v) is 2.57. The topological polar surface area (TPSA) is 30.9 Å². The van der Waals surface area contributed by atoms with Gasteiger partial charge in [-0.3, -0.25) is 0 Å². The number of nitrogens with two attached hydrogens (primary N) is 1. The van der Waals surface area contributed by atoms with Crippen molar-refractivity contribution < 1.29 is 0 Å². The van der Waals surface area contributed by atoms with Gasteiger partial charge in [0.2, 0.25) is 0 Å². The van der Waals surface area contributed by atoms with Crippen LogP contribution in [-0.4, -0.2) is 4.57 Å². The highest BCUT2D eigenvalue weighted by molar-refractivity contribution is 5.84. The molecule has 1 unspecified atom stereocenters. The third kappa shape index (κ3) is 2.27. The van der Waals surface area contributed by atoms with Crippen molar-refractivity contribution in [1.82, 2.24) is 4.57 Å². The second kappa shape index (κ2) is 4.90. The summed E-state index contributed by atoms with van der Waals surface area (Å²) in [5.74, 6) is 0. The molecule has 2 aromatic carbocycles. The Morgan fingerprint density at radius 1 is 1.00 bits per heavy atom. The highest BCUT2D eigenvalue weighted by atomic mass is 15.0. The first-order valence-electron chi connectivity index (χ1n) is 6.63. The summed E-state index contributed by atoms with van der Waals surface area (Å²) in [4.78, 5) is 0. The van der Waals surface area contributed by atoms with E-state index in [1.54, 1.807) is 0 Å². The number of para-hydroxylation sites is 1. The minimum Gasteiger partial charge on any atom is -0.343 e. The first-order chi connectivity index (χ1) is 9.25. The minimum atomic E-state index is 0.0492. The Hall–Kier alpha value is -2.06. The van der Waals surface area contributed by atoms with Gasteiger partial charge in [-0.1, -0.05) is 48.5 Å². The van der Waals surface area contributed by atoms with Crippen LogP contribution in [0.4, 0.5) is 0 Å². The predicted molar refractivity (Wildman–Crippen MR) is 80.1 cm³/mol. The molecule has 2 N–H and O–H groups in total. The SMILES string of the molecule is CC(N)c1cccc2ccn(Cc3ccccc3)c12. The van der Waals surface area contributed by atoms with E-state index >= 15 is 0 Å². The monoisotopic (exact) mass is 250 g/mol. The molecule has 2 nitrogen and oxygen atoms in total. The minimum absolute atomic E-state index is 0.0492.